The van der Waals surface area contributed by atoms with Gasteiger partial charge in [-0.1, -0.05) is 15.9 Å². The van der Waals surface area contributed by atoms with Crippen molar-refractivity contribution < 1.29 is 14.6 Å². The Morgan fingerprint density at radius 3 is 2.31 bits per heavy atom. The van der Waals surface area contributed by atoms with Crippen molar-refractivity contribution in [1.82, 2.24) is 0 Å². The first kappa shape index (κ1) is 8.46. The predicted molar refractivity (Wildman–Crippen MR) is 56.8 cm³/mol. The van der Waals surface area contributed by atoms with E-state index < -0.39 is 0 Å². The van der Waals surface area contributed by atoms with Gasteiger partial charge in [-0.15, -0.1) is 0 Å². The molecule has 1 saturated heterocycles. The monoisotopic (exact) mass is 284 g/mol. The minimum atomic E-state index is -0.302. The fraction of sp³-hybridized carbons (Fsp3) is 1.00. The van der Waals surface area contributed by atoms with Crippen LogP contribution in [0.15, 0.2) is 0 Å². The summed E-state index contributed by atoms with van der Waals surface area (Å²) in [5.41, 5.74) is 0.282. The normalized spacial score (nSPS) is 77.6. The van der Waals surface area contributed by atoms with Gasteiger partial charge in [0.05, 0.1) is 17.5 Å². The SMILES string of the molecule is OC[C@@]12[C@H]3[C@H]4[C@@H]5[C@H]1[C@H]2[C@](Br)([C@@H]43)C51OCCO1. The number of aliphatic hydroxyl groups excluding tert-OH is 1. The van der Waals surface area contributed by atoms with Gasteiger partial charge in [-0.05, 0) is 29.6 Å². The maximum Gasteiger partial charge on any atom is 0.187 e. The van der Waals surface area contributed by atoms with Gasteiger partial charge in [0, 0.05) is 17.9 Å². The number of halogens is 1. The van der Waals surface area contributed by atoms with Crippen LogP contribution < -0.4 is 0 Å². The van der Waals surface area contributed by atoms with E-state index >= 15 is 0 Å². The highest BCUT2D eigenvalue weighted by atomic mass is 79.9. The van der Waals surface area contributed by atoms with Gasteiger partial charge in [0.15, 0.2) is 5.79 Å². The Hall–Kier alpha value is 0.360. The molecule has 0 aromatic carbocycles. The zero-order valence-corrected chi connectivity index (χ0v) is 10.3. The van der Waals surface area contributed by atoms with Crippen LogP contribution in [-0.4, -0.2) is 35.0 Å². The summed E-state index contributed by atoms with van der Waals surface area (Å²) in [5.74, 6) is 3.92. The third-order valence-corrected chi connectivity index (χ3v) is 8.42. The predicted octanol–water partition coefficient (Wildman–Crippen LogP) is 0.607. The summed E-state index contributed by atoms with van der Waals surface area (Å²) in [7, 11) is 0. The Kier molecular flexibility index (Phi) is 0.979. The Balaban J connectivity index is 1.63. The topological polar surface area (TPSA) is 38.7 Å². The van der Waals surface area contributed by atoms with Crippen LogP contribution in [0.4, 0.5) is 0 Å². The molecule has 7 aliphatic rings. The fourth-order valence-electron chi connectivity index (χ4n) is 6.92. The average Bonchev–Trinajstić information content (AvgIpc) is 2.97. The highest BCUT2D eigenvalue weighted by molar-refractivity contribution is 9.10. The zero-order valence-electron chi connectivity index (χ0n) is 8.73. The molecule has 0 unspecified atom stereocenters. The van der Waals surface area contributed by atoms with E-state index in [-0.39, 0.29) is 15.5 Å². The molecule has 0 aromatic heterocycles. The molecule has 1 N–H and O–H groups in total. The van der Waals surface area contributed by atoms with Crippen LogP contribution in [0, 0.1) is 40.9 Å². The maximum atomic E-state index is 9.74. The van der Waals surface area contributed by atoms with E-state index in [2.05, 4.69) is 15.9 Å². The van der Waals surface area contributed by atoms with Crippen LogP contribution >= 0.6 is 15.9 Å². The summed E-state index contributed by atoms with van der Waals surface area (Å²) in [4.78, 5) is 0. The Labute approximate surface area is 102 Å². The van der Waals surface area contributed by atoms with E-state index in [9.17, 15) is 5.11 Å². The molecule has 1 heterocycles. The van der Waals surface area contributed by atoms with Crippen molar-refractivity contribution in [3.8, 4) is 0 Å². The molecule has 0 amide bonds. The molecule has 1 aliphatic heterocycles. The van der Waals surface area contributed by atoms with Gasteiger partial charge in [-0.25, -0.2) is 0 Å². The highest BCUT2D eigenvalue weighted by Gasteiger charge is 3.08. The number of aliphatic hydroxyl groups is 1. The van der Waals surface area contributed by atoms with Gasteiger partial charge in [-0.2, -0.15) is 0 Å². The number of alkyl halides is 1. The molecular weight excluding hydrogens is 272 g/mol. The molecule has 4 heteroatoms. The van der Waals surface area contributed by atoms with Gasteiger partial charge in [0.25, 0.3) is 0 Å². The molecule has 7 rings (SSSR count). The van der Waals surface area contributed by atoms with Crippen LogP contribution in [0.3, 0.4) is 0 Å². The van der Waals surface area contributed by atoms with Gasteiger partial charge in [0.1, 0.15) is 0 Å². The molecular formula is C12H13BrO3. The van der Waals surface area contributed by atoms with Crippen LogP contribution in [0.5, 0.6) is 0 Å². The largest absolute Gasteiger partial charge is 0.396 e. The molecule has 6 aliphatic carbocycles. The molecule has 16 heavy (non-hydrogen) atoms. The van der Waals surface area contributed by atoms with E-state index in [0.717, 1.165) is 31.0 Å². The van der Waals surface area contributed by atoms with Crippen molar-refractivity contribution in [3.63, 3.8) is 0 Å². The second-order valence-corrected chi connectivity index (χ2v) is 7.87. The third-order valence-electron chi connectivity index (χ3n) is 6.85. The third kappa shape index (κ3) is 0.428. The summed E-state index contributed by atoms with van der Waals surface area (Å²) < 4.78 is 12.1. The summed E-state index contributed by atoms with van der Waals surface area (Å²) in [6, 6.07) is 0. The van der Waals surface area contributed by atoms with Gasteiger partial charge < -0.3 is 14.6 Å². The molecule has 0 radical (unpaired) electrons. The summed E-state index contributed by atoms with van der Waals surface area (Å²) in [6.45, 7) is 1.89. The Morgan fingerprint density at radius 2 is 1.88 bits per heavy atom. The number of hydrogen-bond acceptors (Lipinski definition) is 3. The Morgan fingerprint density at radius 1 is 1.12 bits per heavy atom. The first-order valence-corrected chi connectivity index (χ1v) is 7.12. The lowest BCUT2D eigenvalue weighted by Gasteiger charge is -2.37. The van der Waals surface area contributed by atoms with Crippen LogP contribution in [-0.2, 0) is 9.47 Å². The van der Waals surface area contributed by atoms with E-state index in [4.69, 9.17) is 9.47 Å². The second-order valence-electron chi connectivity index (χ2n) is 6.56. The zero-order chi connectivity index (χ0) is 10.5. The molecule has 7 fully saturated rings. The van der Waals surface area contributed by atoms with Crippen molar-refractivity contribution in [3.05, 3.63) is 0 Å². The fourth-order valence-corrected chi connectivity index (χ4v) is 8.71. The standard InChI is InChI=1S/C12H13BrO3/c13-11-6-4-5(6)10(3-14)8(9(10)11)7(4)12(11)15-1-2-16-12/h4-9,14H,1-3H2/t4-,5+,6+,7-,8+,9-,10-,11-/m1/s1. The molecule has 86 valence electrons. The van der Waals surface area contributed by atoms with Crippen molar-refractivity contribution >= 4 is 15.9 Å². The lowest BCUT2D eigenvalue weighted by Crippen LogP contribution is -2.50. The molecule has 3 nitrogen and oxygen atoms in total. The van der Waals surface area contributed by atoms with Gasteiger partial charge in [0.2, 0.25) is 0 Å². The van der Waals surface area contributed by atoms with Gasteiger partial charge in [-0.3, -0.25) is 0 Å². The quantitative estimate of drug-likeness (QED) is 0.717. The van der Waals surface area contributed by atoms with Crippen LogP contribution in [0.2, 0.25) is 0 Å². The average molecular weight is 285 g/mol. The first-order chi connectivity index (χ1) is 7.75. The minimum Gasteiger partial charge on any atom is -0.396 e. The second kappa shape index (κ2) is 1.85. The molecule has 0 aromatic rings. The van der Waals surface area contributed by atoms with E-state index in [0.29, 0.717) is 24.4 Å². The van der Waals surface area contributed by atoms with E-state index in [1.165, 1.54) is 0 Å². The van der Waals surface area contributed by atoms with Crippen LogP contribution in [0.1, 0.15) is 0 Å². The van der Waals surface area contributed by atoms with Crippen molar-refractivity contribution in [2.45, 2.75) is 10.1 Å². The lowest BCUT2D eigenvalue weighted by molar-refractivity contribution is -0.193. The Bertz CT molecular complexity index is 448. The van der Waals surface area contributed by atoms with Crippen molar-refractivity contribution in [2.75, 3.05) is 19.8 Å². The van der Waals surface area contributed by atoms with Crippen LogP contribution in [0.25, 0.3) is 0 Å². The highest BCUT2D eigenvalue weighted by Crippen LogP contribution is 3.04. The molecule has 6 saturated carbocycles. The lowest BCUT2D eigenvalue weighted by atomic mass is 9.94. The van der Waals surface area contributed by atoms with E-state index in [1.54, 1.807) is 0 Å². The molecule has 2 bridgehead atoms. The molecule has 1 spiro atoms. The molecule has 8 atom stereocenters. The van der Waals surface area contributed by atoms with Crippen molar-refractivity contribution in [2.24, 2.45) is 40.9 Å². The summed E-state index contributed by atoms with van der Waals surface area (Å²) in [6.07, 6.45) is 0. The number of ether oxygens (including phenoxy) is 2. The smallest absolute Gasteiger partial charge is 0.187 e. The first-order valence-electron chi connectivity index (χ1n) is 6.33. The van der Waals surface area contributed by atoms with Crippen molar-refractivity contribution in [1.29, 1.82) is 0 Å². The maximum absolute atomic E-state index is 9.74. The summed E-state index contributed by atoms with van der Waals surface area (Å²) in [5, 5.41) is 9.74. The number of rotatable bonds is 1. The van der Waals surface area contributed by atoms with E-state index in [1.807, 2.05) is 0 Å². The van der Waals surface area contributed by atoms with Gasteiger partial charge >= 0.3 is 0 Å². The minimum absolute atomic E-state index is 0.0594. The number of hydrogen-bond donors (Lipinski definition) is 1. The summed E-state index contributed by atoms with van der Waals surface area (Å²) >= 11 is 4.02.